The Balaban J connectivity index is 2.74. The Hall–Kier alpha value is -0.810. The first kappa shape index (κ1) is 10.3. The Morgan fingerprint density at radius 3 is 2.15 bits per heavy atom. The van der Waals surface area contributed by atoms with Gasteiger partial charge in [0.1, 0.15) is 0 Å². The zero-order chi connectivity index (χ0) is 10.4. The number of halogens is 4. The van der Waals surface area contributed by atoms with E-state index in [4.69, 9.17) is 5.11 Å². The maximum absolute atomic E-state index is 12.6. The van der Waals surface area contributed by atoms with Crippen molar-refractivity contribution in [3.05, 3.63) is 0 Å². The molecule has 0 bridgehead atoms. The van der Waals surface area contributed by atoms with Crippen molar-refractivity contribution in [1.82, 2.24) is 0 Å². The maximum Gasteiger partial charge on any atom is 0.314 e. The van der Waals surface area contributed by atoms with Gasteiger partial charge < -0.3 is 5.11 Å². The lowest BCUT2D eigenvalue weighted by atomic mass is 9.70. The minimum Gasteiger partial charge on any atom is -0.481 e. The van der Waals surface area contributed by atoms with Crippen LogP contribution in [0.3, 0.4) is 0 Å². The second-order valence-corrected chi connectivity index (χ2v) is 3.26. The summed E-state index contributed by atoms with van der Waals surface area (Å²) in [5.41, 5.74) is 0. The van der Waals surface area contributed by atoms with E-state index in [0.29, 0.717) is 0 Å². The predicted molar refractivity (Wildman–Crippen MR) is 34.8 cm³/mol. The summed E-state index contributed by atoms with van der Waals surface area (Å²) in [4.78, 5) is 10.3. The first-order valence-electron chi connectivity index (χ1n) is 3.68. The molecule has 1 N–H and O–H groups in total. The summed E-state index contributed by atoms with van der Waals surface area (Å²) in [7, 11) is 0. The second-order valence-electron chi connectivity index (χ2n) is 3.26. The molecule has 0 aromatic rings. The zero-order valence-electron chi connectivity index (χ0n) is 6.73. The lowest BCUT2D eigenvalue weighted by Crippen LogP contribution is -2.61. The SMILES string of the molecule is CC(C(=O)O)C1CC(F)(F)C1(F)F. The highest BCUT2D eigenvalue weighted by Gasteiger charge is 2.73. The van der Waals surface area contributed by atoms with Crippen LogP contribution in [-0.4, -0.2) is 22.9 Å². The topological polar surface area (TPSA) is 37.3 Å². The molecule has 6 heteroatoms. The largest absolute Gasteiger partial charge is 0.481 e. The molecule has 1 rings (SSSR count). The number of aliphatic carboxylic acids is 1. The molecule has 0 aromatic heterocycles. The first-order chi connectivity index (χ1) is 5.70. The van der Waals surface area contributed by atoms with Gasteiger partial charge in [0, 0.05) is 12.3 Å². The quantitative estimate of drug-likeness (QED) is 0.692. The molecular formula is C7H8F4O2. The summed E-state index contributed by atoms with van der Waals surface area (Å²) >= 11 is 0. The zero-order valence-corrected chi connectivity index (χ0v) is 6.73. The van der Waals surface area contributed by atoms with Gasteiger partial charge in [0.05, 0.1) is 5.92 Å². The van der Waals surface area contributed by atoms with Gasteiger partial charge in [-0.3, -0.25) is 4.79 Å². The van der Waals surface area contributed by atoms with Crippen molar-refractivity contribution < 1.29 is 27.5 Å². The molecule has 0 radical (unpaired) electrons. The number of carboxylic acid groups (broad SMARTS) is 1. The van der Waals surface area contributed by atoms with Crippen molar-refractivity contribution in [3.63, 3.8) is 0 Å². The van der Waals surface area contributed by atoms with Crippen molar-refractivity contribution in [2.24, 2.45) is 11.8 Å². The van der Waals surface area contributed by atoms with Gasteiger partial charge in [0.25, 0.3) is 0 Å². The van der Waals surface area contributed by atoms with Gasteiger partial charge in [-0.1, -0.05) is 6.92 Å². The van der Waals surface area contributed by atoms with Gasteiger partial charge in [-0.25, -0.2) is 0 Å². The van der Waals surface area contributed by atoms with E-state index in [0.717, 1.165) is 6.92 Å². The summed E-state index contributed by atoms with van der Waals surface area (Å²) in [5.74, 6) is -12.9. The summed E-state index contributed by atoms with van der Waals surface area (Å²) in [6, 6.07) is 0. The van der Waals surface area contributed by atoms with E-state index in [1.165, 1.54) is 0 Å². The van der Waals surface area contributed by atoms with Crippen LogP contribution in [0, 0.1) is 11.8 Å². The van der Waals surface area contributed by atoms with Crippen LogP contribution in [-0.2, 0) is 4.79 Å². The third-order valence-electron chi connectivity index (χ3n) is 2.42. The number of hydrogen-bond donors (Lipinski definition) is 1. The van der Waals surface area contributed by atoms with E-state index in [2.05, 4.69) is 0 Å². The second kappa shape index (κ2) is 2.59. The lowest BCUT2D eigenvalue weighted by Gasteiger charge is -2.45. The van der Waals surface area contributed by atoms with Gasteiger partial charge in [-0.2, -0.15) is 17.6 Å². The summed E-state index contributed by atoms with van der Waals surface area (Å²) in [5, 5.41) is 8.34. The molecule has 2 unspecified atom stereocenters. The van der Waals surface area contributed by atoms with Gasteiger partial charge in [-0.05, 0) is 0 Å². The van der Waals surface area contributed by atoms with Crippen LogP contribution in [0.1, 0.15) is 13.3 Å². The first-order valence-corrected chi connectivity index (χ1v) is 3.68. The Morgan fingerprint density at radius 1 is 1.46 bits per heavy atom. The summed E-state index contributed by atoms with van der Waals surface area (Å²) in [6.45, 7) is 1.01. The van der Waals surface area contributed by atoms with Crippen molar-refractivity contribution in [3.8, 4) is 0 Å². The minimum absolute atomic E-state index is 1.01. The molecule has 76 valence electrons. The van der Waals surface area contributed by atoms with Crippen LogP contribution in [0.2, 0.25) is 0 Å². The highest BCUT2D eigenvalue weighted by molar-refractivity contribution is 5.70. The molecule has 0 amide bonds. The van der Waals surface area contributed by atoms with Crippen LogP contribution >= 0.6 is 0 Å². The summed E-state index contributed by atoms with van der Waals surface area (Å²) < 4.78 is 49.6. The van der Waals surface area contributed by atoms with Gasteiger partial charge in [-0.15, -0.1) is 0 Å². The molecule has 1 saturated carbocycles. The van der Waals surface area contributed by atoms with Gasteiger partial charge >= 0.3 is 17.8 Å². The van der Waals surface area contributed by atoms with E-state index in [-0.39, 0.29) is 0 Å². The Kier molecular flexibility index (Phi) is 2.04. The van der Waals surface area contributed by atoms with Crippen molar-refractivity contribution in [2.75, 3.05) is 0 Å². The van der Waals surface area contributed by atoms with Crippen LogP contribution < -0.4 is 0 Å². The fourth-order valence-corrected chi connectivity index (χ4v) is 1.34. The number of carbonyl (C=O) groups is 1. The third-order valence-corrected chi connectivity index (χ3v) is 2.42. The monoisotopic (exact) mass is 200 g/mol. The molecule has 13 heavy (non-hydrogen) atoms. The lowest BCUT2D eigenvalue weighted by molar-refractivity contribution is -0.322. The average molecular weight is 200 g/mol. The van der Waals surface area contributed by atoms with E-state index < -0.39 is 36.1 Å². The fraction of sp³-hybridized carbons (Fsp3) is 0.857. The molecule has 1 aliphatic rings. The smallest absolute Gasteiger partial charge is 0.314 e. The molecule has 0 aliphatic heterocycles. The highest BCUT2D eigenvalue weighted by atomic mass is 19.3. The molecule has 0 saturated heterocycles. The number of hydrogen-bond acceptors (Lipinski definition) is 1. The normalized spacial score (nSPS) is 31.9. The number of carboxylic acids is 1. The Labute approximate surface area is 71.5 Å². The molecule has 0 heterocycles. The molecule has 1 fully saturated rings. The number of alkyl halides is 4. The minimum atomic E-state index is -4.18. The fourth-order valence-electron chi connectivity index (χ4n) is 1.34. The van der Waals surface area contributed by atoms with Crippen LogP contribution in [0.4, 0.5) is 17.6 Å². The highest BCUT2D eigenvalue weighted by Crippen LogP contribution is 2.57. The van der Waals surface area contributed by atoms with Crippen LogP contribution in [0.5, 0.6) is 0 Å². The predicted octanol–water partition coefficient (Wildman–Crippen LogP) is 2.00. The van der Waals surface area contributed by atoms with E-state index in [1.807, 2.05) is 0 Å². The van der Waals surface area contributed by atoms with Gasteiger partial charge in [0.2, 0.25) is 0 Å². The summed E-state index contributed by atoms with van der Waals surface area (Å²) in [6.07, 6.45) is -1.05. The van der Waals surface area contributed by atoms with Crippen LogP contribution in [0.25, 0.3) is 0 Å². The maximum atomic E-state index is 12.6. The average Bonchev–Trinajstić information content (AvgIpc) is 1.98. The molecule has 2 atom stereocenters. The molecular weight excluding hydrogens is 192 g/mol. The van der Waals surface area contributed by atoms with Crippen LogP contribution in [0.15, 0.2) is 0 Å². The van der Waals surface area contributed by atoms with Gasteiger partial charge in [0.15, 0.2) is 0 Å². The molecule has 0 spiro atoms. The molecule has 1 aliphatic carbocycles. The Bertz CT molecular complexity index is 239. The van der Waals surface area contributed by atoms with E-state index in [9.17, 15) is 22.4 Å². The Morgan fingerprint density at radius 2 is 1.92 bits per heavy atom. The van der Waals surface area contributed by atoms with Crippen molar-refractivity contribution in [2.45, 2.75) is 25.2 Å². The molecule has 2 nitrogen and oxygen atoms in total. The van der Waals surface area contributed by atoms with Crippen molar-refractivity contribution >= 4 is 5.97 Å². The third kappa shape index (κ3) is 1.28. The number of rotatable bonds is 2. The van der Waals surface area contributed by atoms with E-state index >= 15 is 0 Å². The standard InChI is InChI=1S/C7H8F4O2/c1-3(5(12)13)4-2-6(8,9)7(4,10)11/h3-4H,2H2,1H3,(H,12,13). The van der Waals surface area contributed by atoms with Crippen molar-refractivity contribution in [1.29, 1.82) is 0 Å². The molecule has 0 aromatic carbocycles. The van der Waals surface area contributed by atoms with E-state index in [1.54, 1.807) is 0 Å².